The predicted octanol–water partition coefficient (Wildman–Crippen LogP) is 5.25. The number of amides is 1. The van der Waals surface area contributed by atoms with Crippen molar-refractivity contribution in [3.8, 4) is 11.1 Å². The van der Waals surface area contributed by atoms with Crippen LogP contribution in [0.1, 0.15) is 16.1 Å². The van der Waals surface area contributed by atoms with Gasteiger partial charge in [-0.25, -0.2) is 5.43 Å². The Balaban J connectivity index is 1.66. The maximum absolute atomic E-state index is 12.8. The van der Waals surface area contributed by atoms with Crippen molar-refractivity contribution in [2.24, 2.45) is 5.10 Å². The summed E-state index contributed by atoms with van der Waals surface area (Å²) in [5, 5.41) is 5.72. The van der Waals surface area contributed by atoms with Gasteiger partial charge in [-0.15, -0.1) is 0 Å². The van der Waals surface area contributed by atoms with Crippen molar-refractivity contribution in [2.75, 3.05) is 0 Å². The third-order valence-electron chi connectivity index (χ3n) is 4.25. The number of halogens is 1. The maximum Gasteiger partial charge on any atom is 0.288 e. The van der Waals surface area contributed by atoms with E-state index in [1.807, 2.05) is 66.7 Å². The van der Waals surface area contributed by atoms with Crippen LogP contribution in [0, 0.1) is 0 Å². The number of rotatable bonds is 4. The van der Waals surface area contributed by atoms with Crippen LogP contribution in [0.2, 0.25) is 5.02 Å². The van der Waals surface area contributed by atoms with Crippen LogP contribution in [-0.4, -0.2) is 17.1 Å². The number of hydrazone groups is 1. The SMILES string of the molecule is O=C(N/N=C/c1ccc(Cl)cc1)c1[nH]c2ccccc2c1-c1ccccc1. The number of aromatic amines is 1. The topological polar surface area (TPSA) is 57.2 Å². The molecular weight excluding hydrogens is 358 g/mol. The number of fused-ring (bicyclic) bond motifs is 1. The van der Waals surface area contributed by atoms with Gasteiger partial charge in [0, 0.05) is 21.5 Å². The molecule has 0 radical (unpaired) electrons. The maximum atomic E-state index is 12.8. The first-order valence-corrected chi connectivity index (χ1v) is 8.85. The van der Waals surface area contributed by atoms with Crippen molar-refractivity contribution in [2.45, 2.75) is 0 Å². The summed E-state index contributed by atoms with van der Waals surface area (Å²) in [5.74, 6) is -0.296. The Morgan fingerprint density at radius 3 is 2.41 bits per heavy atom. The molecule has 132 valence electrons. The predicted molar refractivity (Wildman–Crippen MR) is 110 cm³/mol. The van der Waals surface area contributed by atoms with E-state index in [0.29, 0.717) is 10.7 Å². The van der Waals surface area contributed by atoms with Gasteiger partial charge >= 0.3 is 0 Å². The van der Waals surface area contributed by atoms with Gasteiger partial charge in [0.1, 0.15) is 5.69 Å². The zero-order valence-electron chi connectivity index (χ0n) is 14.3. The molecule has 0 bridgehead atoms. The number of carbonyl (C=O) groups excluding carboxylic acids is 1. The standard InChI is InChI=1S/C22H16ClN3O/c23-17-12-10-15(11-13-17)14-24-26-22(27)21-20(16-6-2-1-3-7-16)18-8-4-5-9-19(18)25-21/h1-14,25H,(H,26,27)/b24-14+. The molecule has 1 aromatic heterocycles. The lowest BCUT2D eigenvalue weighted by atomic mass is 10.0. The molecule has 0 unspecified atom stereocenters. The fraction of sp³-hybridized carbons (Fsp3) is 0. The number of para-hydroxylation sites is 1. The average Bonchev–Trinajstić information content (AvgIpc) is 3.10. The highest BCUT2D eigenvalue weighted by molar-refractivity contribution is 6.30. The third kappa shape index (κ3) is 3.61. The molecule has 0 saturated carbocycles. The smallest absolute Gasteiger partial charge is 0.288 e. The first-order chi connectivity index (χ1) is 13.2. The molecule has 4 rings (SSSR count). The van der Waals surface area contributed by atoms with Gasteiger partial charge in [0.25, 0.3) is 5.91 Å². The molecule has 1 amide bonds. The number of nitrogens with one attached hydrogen (secondary N) is 2. The second kappa shape index (κ2) is 7.48. The lowest BCUT2D eigenvalue weighted by Gasteiger charge is -2.04. The molecule has 0 atom stereocenters. The van der Waals surface area contributed by atoms with E-state index in [2.05, 4.69) is 15.5 Å². The van der Waals surface area contributed by atoms with Crippen LogP contribution >= 0.6 is 11.6 Å². The number of benzene rings is 3. The molecule has 0 aliphatic carbocycles. The van der Waals surface area contributed by atoms with Crippen molar-refractivity contribution >= 4 is 34.6 Å². The summed E-state index contributed by atoms with van der Waals surface area (Å²) in [6, 6.07) is 24.9. The van der Waals surface area contributed by atoms with Crippen LogP contribution in [0.5, 0.6) is 0 Å². The van der Waals surface area contributed by atoms with Crippen LogP contribution in [-0.2, 0) is 0 Å². The molecule has 3 aromatic carbocycles. The molecular formula is C22H16ClN3O. The summed E-state index contributed by atoms with van der Waals surface area (Å²) in [4.78, 5) is 16.0. The number of hydrogen-bond donors (Lipinski definition) is 2. The van der Waals surface area contributed by atoms with Gasteiger partial charge in [0.05, 0.1) is 6.21 Å². The van der Waals surface area contributed by atoms with Gasteiger partial charge in [-0.3, -0.25) is 4.79 Å². The van der Waals surface area contributed by atoms with E-state index >= 15 is 0 Å². The van der Waals surface area contributed by atoms with Crippen LogP contribution in [0.15, 0.2) is 84.0 Å². The fourth-order valence-electron chi connectivity index (χ4n) is 2.99. The van der Waals surface area contributed by atoms with Gasteiger partial charge in [0.2, 0.25) is 0 Å². The Morgan fingerprint density at radius 1 is 0.926 bits per heavy atom. The minimum absolute atomic E-state index is 0.296. The van der Waals surface area contributed by atoms with Crippen LogP contribution in [0.3, 0.4) is 0 Å². The summed E-state index contributed by atoms with van der Waals surface area (Å²) in [6.07, 6.45) is 1.58. The van der Waals surface area contributed by atoms with Gasteiger partial charge < -0.3 is 4.98 Å². The van der Waals surface area contributed by atoms with Crippen LogP contribution < -0.4 is 5.43 Å². The monoisotopic (exact) mass is 373 g/mol. The van der Waals surface area contributed by atoms with Crippen molar-refractivity contribution < 1.29 is 4.79 Å². The largest absolute Gasteiger partial charge is 0.350 e. The van der Waals surface area contributed by atoms with E-state index in [4.69, 9.17) is 11.6 Å². The summed E-state index contributed by atoms with van der Waals surface area (Å²) in [6.45, 7) is 0. The molecule has 4 nitrogen and oxygen atoms in total. The number of carbonyl (C=O) groups is 1. The summed E-state index contributed by atoms with van der Waals surface area (Å²) < 4.78 is 0. The molecule has 5 heteroatoms. The number of hydrogen-bond acceptors (Lipinski definition) is 2. The summed E-state index contributed by atoms with van der Waals surface area (Å²) in [5.41, 5.74) is 6.67. The Labute approximate surface area is 161 Å². The van der Waals surface area contributed by atoms with E-state index < -0.39 is 0 Å². The Hall–Kier alpha value is -3.37. The normalized spacial score (nSPS) is 11.1. The number of H-pyrrole nitrogens is 1. The summed E-state index contributed by atoms with van der Waals surface area (Å²) >= 11 is 5.87. The van der Waals surface area contributed by atoms with E-state index in [1.54, 1.807) is 18.3 Å². The van der Waals surface area contributed by atoms with Gasteiger partial charge in [0.15, 0.2) is 0 Å². The lowest BCUT2D eigenvalue weighted by Crippen LogP contribution is -2.18. The molecule has 0 saturated heterocycles. The van der Waals surface area contributed by atoms with Gasteiger partial charge in [-0.2, -0.15) is 5.10 Å². The Morgan fingerprint density at radius 2 is 1.63 bits per heavy atom. The highest BCUT2D eigenvalue weighted by atomic mass is 35.5. The molecule has 0 aliphatic rings. The molecule has 1 heterocycles. The van der Waals surface area contributed by atoms with E-state index in [-0.39, 0.29) is 5.91 Å². The van der Waals surface area contributed by atoms with E-state index in [1.165, 1.54) is 0 Å². The van der Waals surface area contributed by atoms with Crippen molar-refractivity contribution in [1.29, 1.82) is 0 Å². The first-order valence-electron chi connectivity index (χ1n) is 8.47. The second-order valence-corrected chi connectivity index (χ2v) is 6.47. The van der Waals surface area contributed by atoms with Crippen LogP contribution in [0.4, 0.5) is 0 Å². The molecule has 27 heavy (non-hydrogen) atoms. The molecule has 2 N–H and O–H groups in total. The van der Waals surface area contributed by atoms with E-state index in [9.17, 15) is 4.79 Å². The zero-order valence-corrected chi connectivity index (χ0v) is 15.1. The second-order valence-electron chi connectivity index (χ2n) is 6.04. The molecule has 0 spiro atoms. The first kappa shape index (κ1) is 17.1. The fourth-order valence-corrected chi connectivity index (χ4v) is 3.11. The molecule has 0 fully saturated rings. The number of aromatic nitrogens is 1. The van der Waals surface area contributed by atoms with Gasteiger partial charge in [-0.1, -0.05) is 72.3 Å². The highest BCUT2D eigenvalue weighted by Crippen LogP contribution is 2.32. The third-order valence-corrected chi connectivity index (χ3v) is 4.50. The molecule has 4 aromatic rings. The Kier molecular flexibility index (Phi) is 4.73. The summed E-state index contributed by atoms with van der Waals surface area (Å²) in [7, 11) is 0. The van der Waals surface area contributed by atoms with Crippen molar-refractivity contribution in [1.82, 2.24) is 10.4 Å². The van der Waals surface area contributed by atoms with Crippen LogP contribution in [0.25, 0.3) is 22.0 Å². The average molecular weight is 374 g/mol. The minimum atomic E-state index is -0.296. The minimum Gasteiger partial charge on any atom is -0.350 e. The quantitative estimate of drug-likeness (QED) is 0.372. The zero-order chi connectivity index (χ0) is 18.6. The van der Waals surface area contributed by atoms with E-state index in [0.717, 1.165) is 27.6 Å². The lowest BCUT2D eigenvalue weighted by molar-refractivity contribution is 0.0951. The van der Waals surface area contributed by atoms with Crippen molar-refractivity contribution in [3.05, 3.63) is 95.1 Å². The molecule has 0 aliphatic heterocycles. The number of nitrogens with zero attached hydrogens (tertiary/aromatic N) is 1. The van der Waals surface area contributed by atoms with Gasteiger partial charge in [-0.05, 0) is 29.3 Å². The highest BCUT2D eigenvalue weighted by Gasteiger charge is 2.18. The van der Waals surface area contributed by atoms with Crippen molar-refractivity contribution in [3.63, 3.8) is 0 Å². The Bertz CT molecular complexity index is 1120.